The third kappa shape index (κ3) is 5.28. The second-order valence-electron chi connectivity index (χ2n) is 10.4. The van der Waals surface area contributed by atoms with Gasteiger partial charge in [-0.2, -0.15) is 0 Å². The van der Waals surface area contributed by atoms with Crippen LogP contribution in [0, 0.1) is 5.82 Å². The van der Waals surface area contributed by atoms with Crippen LogP contribution in [-0.2, 0) is 21.5 Å². The summed E-state index contributed by atoms with van der Waals surface area (Å²) in [7, 11) is 3.80. The highest BCUT2D eigenvalue weighted by Gasteiger charge is 2.53. The van der Waals surface area contributed by atoms with Crippen molar-refractivity contribution >= 4 is 40.1 Å². The summed E-state index contributed by atoms with van der Waals surface area (Å²) < 4.78 is 13.9. The number of carbonyl (C=O) groups is 2. The van der Waals surface area contributed by atoms with Crippen LogP contribution in [0.5, 0.6) is 0 Å². The average molecular weight is 523 g/mol. The van der Waals surface area contributed by atoms with Crippen molar-refractivity contribution < 1.29 is 14.0 Å². The Morgan fingerprint density at radius 2 is 1.89 bits per heavy atom. The van der Waals surface area contributed by atoms with E-state index in [0.29, 0.717) is 48.8 Å². The number of amides is 2. The number of rotatable bonds is 9. The number of likely N-dealkylation sites (tertiary alicyclic amines) is 1. The van der Waals surface area contributed by atoms with Crippen LogP contribution < -0.4 is 4.90 Å². The number of hydrogen-bond donors (Lipinski definition) is 0. The fraction of sp³-hybridized carbons (Fsp3) is 0.414. The number of nitrogens with zero attached hydrogens (tertiary/aromatic N) is 4. The molecule has 6 nitrogen and oxygen atoms in total. The highest BCUT2D eigenvalue weighted by Crippen LogP contribution is 2.50. The Bertz CT molecular complexity index is 1320. The van der Waals surface area contributed by atoms with Crippen molar-refractivity contribution in [3.8, 4) is 0 Å². The molecule has 0 spiro atoms. The third-order valence-electron chi connectivity index (χ3n) is 7.49. The van der Waals surface area contributed by atoms with Gasteiger partial charge in [0.15, 0.2) is 0 Å². The molecule has 0 N–H and O–H groups in total. The summed E-state index contributed by atoms with van der Waals surface area (Å²) >= 11 is 6.12. The topological polar surface area (TPSA) is 56.8 Å². The summed E-state index contributed by atoms with van der Waals surface area (Å²) in [6, 6.07) is 14.2. The molecule has 3 aromatic rings. The molecule has 2 fully saturated rings. The van der Waals surface area contributed by atoms with Gasteiger partial charge in [-0.25, -0.2) is 9.37 Å². The molecule has 0 radical (unpaired) electrons. The molecule has 2 aromatic carbocycles. The van der Waals surface area contributed by atoms with Crippen LogP contribution in [0.1, 0.15) is 43.2 Å². The maximum Gasteiger partial charge on any atom is 0.233 e. The van der Waals surface area contributed by atoms with E-state index >= 15 is 0 Å². The highest BCUT2D eigenvalue weighted by atomic mass is 35.5. The maximum absolute atomic E-state index is 14.1. The molecule has 2 heterocycles. The quantitative estimate of drug-likeness (QED) is 0.389. The number of halogens is 2. The Morgan fingerprint density at radius 3 is 2.54 bits per heavy atom. The van der Waals surface area contributed by atoms with E-state index in [-0.39, 0.29) is 17.6 Å². The molecule has 2 aliphatic rings. The van der Waals surface area contributed by atoms with Gasteiger partial charge in [0.25, 0.3) is 0 Å². The molecular formula is C29H32ClFN4O2. The molecule has 194 valence electrons. The minimum absolute atomic E-state index is 0.0893. The van der Waals surface area contributed by atoms with Gasteiger partial charge in [0, 0.05) is 68.7 Å². The minimum atomic E-state index is -0.542. The summed E-state index contributed by atoms with van der Waals surface area (Å²) in [4.78, 5) is 36.7. The molecule has 0 unspecified atom stereocenters. The van der Waals surface area contributed by atoms with Gasteiger partial charge in [-0.1, -0.05) is 23.7 Å². The van der Waals surface area contributed by atoms with Gasteiger partial charge in [0.05, 0.1) is 10.9 Å². The van der Waals surface area contributed by atoms with Crippen LogP contribution in [0.3, 0.4) is 0 Å². The molecule has 1 aromatic heterocycles. The molecule has 8 heteroatoms. The number of pyridine rings is 1. The molecule has 2 amide bonds. The summed E-state index contributed by atoms with van der Waals surface area (Å²) in [5, 5.41) is 1.48. The van der Waals surface area contributed by atoms with Crippen molar-refractivity contribution in [2.75, 3.05) is 38.6 Å². The van der Waals surface area contributed by atoms with E-state index in [2.05, 4.69) is 0 Å². The van der Waals surface area contributed by atoms with Gasteiger partial charge < -0.3 is 14.7 Å². The van der Waals surface area contributed by atoms with Crippen LogP contribution >= 0.6 is 11.6 Å². The molecule has 5 rings (SSSR count). The van der Waals surface area contributed by atoms with E-state index in [1.807, 2.05) is 59.1 Å². The molecule has 1 aliphatic heterocycles. The molecule has 1 saturated heterocycles. The van der Waals surface area contributed by atoms with E-state index in [1.54, 1.807) is 6.07 Å². The molecule has 0 atom stereocenters. The predicted octanol–water partition coefficient (Wildman–Crippen LogP) is 5.17. The normalized spacial score (nSPS) is 16.3. The van der Waals surface area contributed by atoms with E-state index < -0.39 is 5.41 Å². The summed E-state index contributed by atoms with van der Waals surface area (Å²) in [6.45, 7) is 2.35. The van der Waals surface area contributed by atoms with Crippen molar-refractivity contribution in [1.29, 1.82) is 0 Å². The minimum Gasteiger partial charge on any atom is -0.362 e. The van der Waals surface area contributed by atoms with Gasteiger partial charge in [-0.15, -0.1) is 0 Å². The van der Waals surface area contributed by atoms with Crippen LogP contribution in [0.15, 0.2) is 48.5 Å². The first-order chi connectivity index (χ1) is 17.8. The second-order valence-corrected chi connectivity index (χ2v) is 10.8. The Balaban J connectivity index is 1.45. The second kappa shape index (κ2) is 10.3. The number of hydrogen-bond acceptors (Lipinski definition) is 4. The van der Waals surface area contributed by atoms with Crippen LogP contribution in [0.4, 0.5) is 10.2 Å². The van der Waals surface area contributed by atoms with Crippen molar-refractivity contribution in [3.63, 3.8) is 0 Å². The van der Waals surface area contributed by atoms with Crippen molar-refractivity contribution in [3.05, 3.63) is 70.5 Å². The van der Waals surface area contributed by atoms with Crippen LogP contribution in [0.2, 0.25) is 5.02 Å². The van der Waals surface area contributed by atoms with Gasteiger partial charge in [0.1, 0.15) is 11.6 Å². The van der Waals surface area contributed by atoms with Crippen molar-refractivity contribution in [2.45, 2.75) is 44.1 Å². The average Bonchev–Trinajstić information content (AvgIpc) is 3.59. The van der Waals surface area contributed by atoms with Gasteiger partial charge in [-0.3, -0.25) is 9.59 Å². The molecular weight excluding hydrogens is 491 g/mol. The lowest BCUT2D eigenvalue weighted by Crippen LogP contribution is -2.41. The molecule has 1 saturated carbocycles. The zero-order valence-electron chi connectivity index (χ0n) is 21.3. The number of benzene rings is 2. The Labute approximate surface area is 222 Å². The zero-order chi connectivity index (χ0) is 26.2. The number of fused-ring (bicyclic) bond motifs is 1. The fourth-order valence-corrected chi connectivity index (χ4v) is 5.48. The first-order valence-corrected chi connectivity index (χ1v) is 13.2. The van der Waals surface area contributed by atoms with Crippen LogP contribution in [-0.4, -0.2) is 60.3 Å². The monoisotopic (exact) mass is 522 g/mol. The lowest BCUT2D eigenvalue weighted by atomic mass is 9.94. The van der Waals surface area contributed by atoms with Gasteiger partial charge in [0.2, 0.25) is 11.8 Å². The van der Waals surface area contributed by atoms with E-state index in [4.69, 9.17) is 16.6 Å². The first kappa shape index (κ1) is 25.5. The van der Waals surface area contributed by atoms with E-state index in [0.717, 1.165) is 42.3 Å². The molecule has 37 heavy (non-hydrogen) atoms. The Kier molecular flexibility index (Phi) is 7.08. The van der Waals surface area contributed by atoms with E-state index in [1.165, 1.54) is 12.1 Å². The lowest BCUT2D eigenvalue weighted by molar-refractivity contribution is -0.134. The highest BCUT2D eigenvalue weighted by molar-refractivity contribution is 6.30. The van der Waals surface area contributed by atoms with Crippen LogP contribution in [0.25, 0.3) is 10.9 Å². The Hall–Kier alpha value is -3.19. The Morgan fingerprint density at radius 1 is 1.14 bits per heavy atom. The van der Waals surface area contributed by atoms with Crippen molar-refractivity contribution in [2.24, 2.45) is 0 Å². The van der Waals surface area contributed by atoms with Gasteiger partial charge in [-0.05, 0) is 61.6 Å². The molecule has 0 bridgehead atoms. The maximum atomic E-state index is 14.1. The van der Waals surface area contributed by atoms with Crippen molar-refractivity contribution in [1.82, 2.24) is 14.8 Å². The number of carbonyl (C=O) groups excluding carboxylic acids is 2. The third-order valence-corrected chi connectivity index (χ3v) is 7.74. The lowest BCUT2D eigenvalue weighted by Gasteiger charge is -2.30. The largest absolute Gasteiger partial charge is 0.362 e. The van der Waals surface area contributed by atoms with E-state index in [9.17, 15) is 14.0 Å². The zero-order valence-corrected chi connectivity index (χ0v) is 22.1. The summed E-state index contributed by atoms with van der Waals surface area (Å²) in [6.07, 6.45) is 3.81. The summed E-state index contributed by atoms with van der Waals surface area (Å²) in [5.74, 6) is 0.663. The smallest absolute Gasteiger partial charge is 0.233 e. The number of aromatic nitrogens is 1. The van der Waals surface area contributed by atoms with Gasteiger partial charge >= 0.3 is 0 Å². The standard InChI is InChI=1S/C29H32ClFN4O2/c1-33(2)27-21(17-20-6-11-24(31)18-25(20)32-27)19-35(16-4-15-34-14-3-5-26(34)36)28(37)29(12-13-29)22-7-9-23(30)10-8-22/h6-11,17-18H,3-5,12-16,19H2,1-2H3. The fourth-order valence-electron chi connectivity index (χ4n) is 5.35. The SMILES string of the molecule is CN(C)c1nc2cc(F)ccc2cc1CN(CCCN1CCCC1=O)C(=O)C1(c2ccc(Cl)cc2)CC1. The molecule has 1 aliphatic carbocycles. The summed E-state index contributed by atoms with van der Waals surface area (Å²) in [5.41, 5.74) is 1.93. The predicted molar refractivity (Wildman–Crippen MR) is 144 cm³/mol. The first-order valence-electron chi connectivity index (χ1n) is 12.9. The number of anilines is 1.